The number of halogens is 1. The molecule has 0 saturated heterocycles. The normalized spacial score (nSPS) is 25.6. The van der Waals surface area contributed by atoms with Gasteiger partial charge in [-0.25, -0.2) is 0 Å². The Bertz CT molecular complexity index is 485. The molecule has 4 nitrogen and oxygen atoms in total. The molecule has 1 aliphatic carbocycles. The van der Waals surface area contributed by atoms with Crippen molar-refractivity contribution in [1.82, 2.24) is 5.32 Å². The summed E-state index contributed by atoms with van der Waals surface area (Å²) in [6.07, 6.45) is 4.00. The third-order valence-electron chi connectivity index (χ3n) is 4.27. The molecule has 1 saturated carbocycles. The fourth-order valence-electron chi connectivity index (χ4n) is 2.74. The van der Waals surface area contributed by atoms with Crippen LogP contribution < -0.4 is 10.6 Å². The Morgan fingerprint density at radius 3 is 2.76 bits per heavy atom. The maximum atomic E-state index is 12.0. The summed E-state index contributed by atoms with van der Waals surface area (Å²) in [6.45, 7) is 2.50. The van der Waals surface area contributed by atoms with Gasteiger partial charge in [0, 0.05) is 16.2 Å². The van der Waals surface area contributed by atoms with Crippen LogP contribution in [0.3, 0.4) is 0 Å². The van der Waals surface area contributed by atoms with E-state index in [1.54, 1.807) is 24.3 Å². The topological polar surface area (TPSA) is 61.4 Å². The molecular formula is C16H23ClN2O2. The van der Waals surface area contributed by atoms with Crippen LogP contribution in [0.15, 0.2) is 24.3 Å². The highest BCUT2D eigenvalue weighted by molar-refractivity contribution is 6.30. The van der Waals surface area contributed by atoms with Crippen molar-refractivity contribution in [3.63, 3.8) is 0 Å². The second kappa shape index (κ2) is 7.25. The molecule has 3 N–H and O–H groups in total. The minimum Gasteiger partial charge on any atom is -0.394 e. The van der Waals surface area contributed by atoms with E-state index in [2.05, 4.69) is 17.6 Å². The number of anilines is 1. The minimum atomic E-state index is -0.307. The summed E-state index contributed by atoms with van der Waals surface area (Å²) >= 11 is 5.89. The van der Waals surface area contributed by atoms with Crippen LogP contribution in [-0.4, -0.2) is 29.7 Å². The van der Waals surface area contributed by atoms with Gasteiger partial charge >= 0.3 is 0 Å². The van der Waals surface area contributed by atoms with Gasteiger partial charge in [-0.15, -0.1) is 0 Å². The van der Waals surface area contributed by atoms with Gasteiger partial charge in [-0.3, -0.25) is 4.79 Å². The molecule has 0 heterocycles. The maximum absolute atomic E-state index is 12.0. The van der Waals surface area contributed by atoms with Gasteiger partial charge in [0.15, 0.2) is 0 Å². The van der Waals surface area contributed by atoms with Crippen LogP contribution in [0.5, 0.6) is 0 Å². The van der Waals surface area contributed by atoms with E-state index in [1.807, 2.05) is 0 Å². The number of aliphatic hydroxyl groups excluding tert-OH is 1. The Kier molecular flexibility index (Phi) is 5.62. The summed E-state index contributed by atoms with van der Waals surface area (Å²) in [5, 5.41) is 16.3. The van der Waals surface area contributed by atoms with Gasteiger partial charge in [0.05, 0.1) is 13.2 Å². The first-order valence-corrected chi connectivity index (χ1v) is 7.82. The van der Waals surface area contributed by atoms with Crippen molar-refractivity contribution in [2.75, 3.05) is 18.5 Å². The predicted octanol–water partition coefficient (Wildman–Crippen LogP) is 2.81. The van der Waals surface area contributed by atoms with E-state index in [0.29, 0.717) is 16.6 Å². The van der Waals surface area contributed by atoms with Crippen molar-refractivity contribution < 1.29 is 9.90 Å². The van der Waals surface area contributed by atoms with Crippen molar-refractivity contribution in [3.05, 3.63) is 29.3 Å². The van der Waals surface area contributed by atoms with Crippen molar-refractivity contribution in [2.45, 2.75) is 38.1 Å². The lowest BCUT2D eigenvalue weighted by molar-refractivity contribution is -0.116. The third kappa shape index (κ3) is 4.70. The number of hydrogen-bond donors (Lipinski definition) is 3. The monoisotopic (exact) mass is 310 g/mol. The number of aliphatic hydroxyl groups is 1. The van der Waals surface area contributed by atoms with Crippen LogP contribution in [0.4, 0.5) is 5.69 Å². The number of rotatable bonds is 5. The number of nitrogens with one attached hydrogen (secondary N) is 2. The summed E-state index contributed by atoms with van der Waals surface area (Å²) in [5.41, 5.74) is 0.377. The summed E-state index contributed by atoms with van der Waals surface area (Å²) < 4.78 is 0. The highest BCUT2D eigenvalue weighted by Gasteiger charge is 2.33. The molecule has 0 atom stereocenters. The fraction of sp³-hybridized carbons (Fsp3) is 0.562. The van der Waals surface area contributed by atoms with Gasteiger partial charge < -0.3 is 15.7 Å². The van der Waals surface area contributed by atoms with Crippen molar-refractivity contribution in [1.29, 1.82) is 0 Å². The predicted molar refractivity (Wildman–Crippen MR) is 85.5 cm³/mol. The Labute approximate surface area is 130 Å². The first-order valence-electron chi connectivity index (χ1n) is 7.44. The van der Waals surface area contributed by atoms with Gasteiger partial charge in [-0.1, -0.05) is 24.6 Å². The van der Waals surface area contributed by atoms with Gasteiger partial charge in [0.1, 0.15) is 0 Å². The Morgan fingerprint density at radius 2 is 2.14 bits per heavy atom. The molecule has 0 radical (unpaired) electrons. The highest BCUT2D eigenvalue weighted by Crippen LogP contribution is 2.31. The van der Waals surface area contributed by atoms with Crippen molar-refractivity contribution >= 4 is 23.2 Å². The zero-order valence-electron chi connectivity index (χ0n) is 12.4. The highest BCUT2D eigenvalue weighted by atomic mass is 35.5. The largest absolute Gasteiger partial charge is 0.394 e. The molecule has 0 unspecified atom stereocenters. The first-order chi connectivity index (χ1) is 10.0. The fourth-order valence-corrected chi connectivity index (χ4v) is 2.93. The second-order valence-corrected chi connectivity index (χ2v) is 6.47. The SMILES string of the molecule is CC1CCC(CO)(NCC(=O)Nc2cccc(Cl)c2)CC1. The van der Waals surface area contributed by atoms with Gasteiger partial charge in [-0.05, 0) is 49.8 Å². The van der Waals surface area contributed by atoms with Crippen molar-refractivity contribution in [3.8, 4) is 0 Å². The van der Waals surface area contributed by atoms with Crippen LogP contribution >= 0.6 is 11.6 Å². The van der Waals surface area contributed by atoms with Gasteiger partial charge in [0.25, 0.3) is 0 Å². The molecule has 0 spiro atoms. The van der Waals surface area contributed by atoms with E-state index in [0.717, 1.165) is 25.7 Å². The standard InChI is InChI=1S/C16H23ClN2O2/c1-12-5-7-16(11-20,8-6-12)18-10-15(21)19-14-4-2-3-13(17)9-14/h2-4,9,12,18,20H,5-8,10-11H2,1H3,(H,19,21). The van der Waals surface area contributed by atoms with Crippen LogP contribution in [0, 0.1) is 5.92 Å². The quantitative estimate of drug-likeness (QED) is 0.783. The summed E-state index contributed by atoms with van der Waals surface area (Å²) in [7, 11) is 0. The van der Waals surface area contributed by atoms with E-state index >= 15 is 0 Å². The van der Waals surface area contributed by atoms with Gasteiger partial charge in [0.2, 0.25) is 5.91 Å². The average Bonchev–Trinajstić information content (AvgIpc) is 2.47. The summed E-state index contributed by atoms with van der Waals surface area (Å²) in [5.74, 6) is 0.579. The molecule has 0 aromatic heterocycles. The number of carbonyl (C=O) groups is 1. The lowest BCUT2D eigenvalue weighted by atomic mass is 9.77. The molecule has 1 fully saturated rings. The molecule has 0 aliphatic heterocycles. The minimum absolute atomic E-state index is 0.0736. The van der Waals surface area contributed by atoms with E-state index < -0.39 is 0 Å². The number of carbonyl (C=O) groups excluding carboxylic acids is 1. The van der Waals surface area contributed by atoms with E-state index in [9.17, 15) is 9.90 Å². The molecule has 5 heteroatoms. The Morgan fingerprint density at radius 1 is 1.43 bits per heavy atom. The van der Waals surface area contributed by atoms with Crippen molar-refractivity contribution in [2.24, 2.45) is 5.92 Å². The number of benzene rings is 1. The molecule has 1 amide bonds. The average molecular weight is 311 g/mol. The number of amides is 1. The molecule has 2 rings (SSSR count). The Hall–Kier alpha value is -1.10. The van der Waals surface area contributed by atoms with Crippen LogP contribution in [0.25, 0.3) is 0 Å². The second-order valence-electron chi connectivity index (χ2n) is 6.03. The molecule has 1 aliphatic rings. The lowest BCUT2D eigenvalue weighted by Crippen LogP contribution is -2.53. The molecular weight excluding hydrogens is 288 g/mol. The van der Waals surface area contributed by atoms with E-state index in [-0.39, 0.29) is 24.6 Å². The van der Waals surface area contributed by atoms with Gasteiger partial charge in [-0.2, -0.15) is 0 Å². The zero-order chi connectivity index (χ0) is 15.3. The smallest absolute Gasteiger partial charge is 0.238 e. The summed E-state index contributed by atoms with van der Waals surface area (Å²) in [4.78, 5) is 12.0. The Balaban J connectivity index is 1.85. The van der Waals surface area contributed by atoms with E-state index in [1.165, 1.54) is 0 Å². The molecule has 0 bridgehead atoms. The van der Waals surface area contributed by atoms with Crippen LogP contribution in [-0.2, 0) is 4.79 Å². The molecule has 21 heavy (non-hydrogen) atoms. The van der Waals surface area contributed by atoms with E-state index in [4.69, 9.17) is 11.6 Å². The molecule has 1 aromatic rings. The number of hydrogen-bond acceptors (Lipinski definition) is 3. The first kappa shape index (κ1) is 16.3. The third-order valence-corrected chi connectivity index (χ3v) is 4.50. The maximum Gasteiger partial charge on any atom is 0.238 e. The lowest BCUT2D eigenvalue weighted by Gasteiger charge is -2.38. The molecule has 1 aromatic carbocycles. The molecule has 116 valence electrons. The summed E-state index contributed by atoms with van der Waals surface area (Å²) in [6, 6.07) is 7.07. The van der Waals surface area contributed by atoms with Crippen LogP contribution in [0.2, 0.25) is 5.02 Å². The van der Waals surface area contributed by atoms with Crippen LogP contribution in [0.1, 0.15) is 32.6 Å². The zero-order valence-corrected chi connectivity index (χ0v) is 13.1.